The van der Waals surface area contributed by atoms with E-state index in [4.69, 9.17) is 5.73 Å². The number of piperidine rings is 1. The topological polar surface area (TPSA) is 114 Å². The zero-order chi connectivity index (χ0) is 25.0. The standard InChI is InChI=1S/C24H23F3N6O2/c25-24(26,27)20-6-7-29-11-15(20)12-32-21-10-17(31-14-19(21)23(28)35)9-16-4-5-18(13-30-16)33-8-2-1-3-22(33)34/h4-7,10-11,13-14H,1-3,8-9,12H2,(H2,28,35)(H,31,32). The molecule has 4 rings (SSSR count). The molecule has 0 aliphatic carbocycles. The van der Waals surface area contributed by atoms with Crippen LogP contribution in [0.4, 0.5) is 24.5 Å². The van der Waals surface area contributed by atoms with Crippen LogP contribution >= 0.6 is 0 Å². The third-order valence-electron chi connectivity index (χ3n) is 5.71. The molecule has 0 radical (unpaired) electrons. The molecule has 35 heavy (non-hydrogen) atoms. The molecule has 0 spiro atoms. The highest BCUT2D eigenvalue weighted by Crippen LogP contribution is 2.32. The summed E-state index contributed by atoms with van der Waals surface area (Å²) in [7, 11) is 0. The summed E-state index contributed by atoms with van der Waals surface area (Å²) in [5.74, 6) is -0.685. The largest absolute Gasteiger partial charge is 0.416 e. The van der Waals surface area contributed by atoms with Crippen LogP contribution in [0.15, 0.2) is 49.1 Å². The van der Waals surface area contributed by atoms with E-state index in [1.54, 1.807) is 23.2 Å². The van der Waals surface area contributed by atoms with Gasteiger partial charge in [-0.25, -0.2) is 0 Å². The van der Waals surface area contributed by atoms with Crippen molar-refractivity contribution in [1.29, 1.82) is 0 Å². The Labute approximate surface area is 199 Å². The van der Waals surface area contributed by atoms with Gasteiger partial charge in [0.25, 0.3) is 5.91 Å². The molecule has 11 heteroatoms. The van der Waals surface area contributed by atoms with Crippen molar-refractivity contribution in [1.82, 2.24) is 15.0 Å². The van der Waals surface area contributed by atoms with Crippen molar-refractivity contribution in [3.05, 3.63) is 77.1 Å². The number of nitrogens with one attached hydrogen (secondary N) is 1. The number of carbonyl (C=O) groups is 2. The first-order valence-corrected chi connectivity index (χ1v) is 11.0. The maximum Gasteiger partial charge on any atom is 0.416 e. The van der Waals surface area contributed by atoms with Gasteiger partial charge in [0.15, 0.2) is 0 Å². The second-order valence-electron chi connectivity index (χ2n) is 8.16. The van der Waals surface area contributed by atoms with Crippen LogP contribution in [0.1, 0.15) is 52.1 Å². The van der Waals surface area contributed by atoms with Gasteiger partial charge in [-0.1, -0.05) is 0 Å². The molecule has 3 aromatic heterocycles. The Hall–Kier alpha value is -4.02. The van der Waals surface area contributed by atoms with E-state index in [1.165, 1.54) is 6.20 Å². The number of rotatable bonds is 7. The van der Waals surface area contributed by atoms with Crippen molar-refractivity contribution >= 4 is 23.2 Å². The van der Waals surface area contributed by atoms with Gasteiger partial charge in [-0.3, -0.25) is 24.5 Å². The Morgan fingerprint density at radius 2 is 1.89 bits per heavy atom. The maximum atomic E-state index is 13.3. The molecule has 1 aliphatic heterocycles. The Balaban J connectivity index is 1.52. The van der Waals surface area contributed by atoms with E-state index in [2.05, 4.69) is 20.3 Å². The van der Waals surface area contributed by atoms with E-state index in [0.717, 1.165) is 37.0 Å². The van der Waals surface area contributed by atoms with E-state index < -0.39 is 17.6 Å². The lowest BCUT2D eigenvalue weighted by Crippen LogP contribution is -2.35. The van der Waals surface area contributed by atoms with Gasteiger partial charge in [0.1, 0.15) is 0 Å². The molecule has 0 saturated carbocycles. The first-order valence-electron chi connectivity index (χ1n) is 11.0. The number of primary amides is 1. The summed E-state index contributed by atoms with van der Waals surface area (Å²) in [4.78, 5) is 38.1. The monoisotopic (exact) mass is 484 g/mol. The number of aromatic nitrogens is 3. The van der Waals surface area contributed by atoms with Gasteiger partial charge < -0.3 is 16.0 Å². The minimum absolute atomic E-state index is 0.0538. The molecule has 0 aromatic carbocycles. The molecule has 3 aromatic rings. The highest BCUT2D eigenvalue weighted by atomic mass is 19.4. The van der Waals surface area contributed by atoms with Crippen molar-refractivity contribution < 1.29 is 22.8 Å². The van der Waals surface area contributed by atoms with Gasteiger partial charge in [-0.15, -0.1) is 0 Å². The van der Waals surface area contributed by atoms with Crippen LogP contribution in [0.25, 0.3) is 0 Å². The lowest BCUT2D eigenvalue weighted by molar-refractivity contribution is -0.138. The van der Waals surface area contributed by atoms with E-state index in [1.807, 2.05) is 6.07 Å². The van der Waals surface area contributed by atoms with Crippen LogP contribution in [0, 0.1) is 0 Å². The molecule has 0 bridgehead atoms. The second kappa shape index (κ2) is 10.1. The minimum Gasteiger partial charge on any atom is -0.380 e. The number of anilines is 2. The minimum atomic E-state index is -4.54. The molecule has 1 fully saturated rings. The number of halogens is 3. The van der Waals surface area contributed by atoms with E-state index in [9.17, 15) is 22.8 Å². The highest BCUT2D eigenvalue weighted by Gasteiger charge is 2.33. The van der Waals surface area contributed by atoms with Crippen LogP contribution < -0.4 is 16.0 Å². The molecule has 8 nitrogen and oxygen atoms in total. The molecule has 1 saturated heterocycles. The number of nitrogens with two attached hydrogens (primary N) is 1. The number of nitrogens with zero attached hydrogens (tertiary/aromatic N) is 4. The van der Waals surface area contributed by atoms with Gasteiger partial charge in [-0.2, -0.15) is 13.2 Å². The van der Waals surface area contributed by atoms with Crippen molar-refractivity contribution in [2.24, 2.45) is 5.73 Å². The second-order valence-corrected chi connectivity index (χ2v) is 8.16. The molecule has 2 amide bonds. The van der Waals surface area contributed by atoms with Crippen LogP contribution in [-0.2, 0) is 23.9 Å². The number of pyridine rings is 3. The van der Waals surface area contributed by atoms with E-state index in [0.29, 0.717) is 30.8 Å². The van der Waals surface area contributed by atoms with Gasteiger partial charge in [0.05, 0.1) is 28.7 Å². The third-order valence-corrected chi connectivity index (χ3v) is 5.71. The lowest BCUT2D eigenvalue weighted by Gasteiger charge is -2.26. The molecule has 0 atom stereocenters. The van der Waals surface area contributed by atoms with Crippen LogP contribution in [0.5, 0.6) is 0 Å². The van der Waals surface area contributed by atoms with Gasteiger partial charge in [0.2, 0.25) is 5.91 Å². The number of alkyl halides is 3. The molecule has 182 valence electrons. The summed E-state index contributed by atoms with van der Waals surface area (Å²) >= 11 is 0. The van der Waals surface area contributed by atoms with Crippen LogP contribution in [-0.4, -0.2) is 33.3 Å². The Bertz CT molecular complexity index is 1230. The number of hydrogen-bond donors (Lipinski definition) is 2. The highest BCUT2D eigenvalue weighted by molar-refractivity contribution is 5.98. The Morgan fingerprint density at radius 3 is 2.57 bits per heavy atom. The summed E-state index contributed by atoms with van der Waals surface area (Å²) < 4.78 is 39.9. The third kappa shape index (κ3) is 5.73. The van der Waals surface area contributed by atoms with Crippen LogP contribution in [0.2, 0.25) is 0 Å². The smallest absolute Gasteiger partial charge is 0.380 e. The van der Waals surface area contributed by atoms with Crippen LogP contribution in [0.3, 0.4) is 0 Å². The molecule has 0 unspecified atom stereocenters. The average molecular weight is 484 g/mol. The quantitative estimate of drug-likeness (QED) is 0.529. The summed E-state index contributed by atoms with van der Waals surface area (Å²) in [6.45, 7) is 0.446. The first-order chi connectivity index (χ1) is 16.7. The van der Waals surface area contributed by atoms with Crippen molar-refractivity contribution in [3.63, 3.8) is 0 Å². The van der Waals surface area contributed by atoms with Crippen molar-refractivity contribution in [2.45, 2.75) is 38.4 Å². The normalized spacial score (nSPS) is 14.1. The predicted octanol–water partition coefficient (Wildman–Crippen LogP) is 3.71. The molecule has 3 N–H and O–H groups in total. The van der Waals surface area contributed by atoms with Crippen molar-refractivity contribution in [3.8, 4) is 0 Å². The SMILES string of the molecule is NC(=O)c1cnc(Cc2ccc(N3CCCCC3=O)cn2)cc1NCc1cnccc1C(F)(F)F. The average Bonchev–Trinajstić information content (AvgIpc) is 2.83. The number of carbonyl (C=O) groups excluding carboxylic acids is 2. The summed E-state index contributed by atoms with van der Waals surface area (Å²) in [5, 5.41) is 2.86. The molecular weight excluding hydrogens is 461 g/mol. The molecule has 4 heterocycles. The Kier molecular flexibility index (Phi) is 6.94. The summed E-state index contributed by atoms with van der Waals surface area (Å²) in [6, 6.07) is 6.08. The zero-order valence-corrected chi connectivity index (χ0v) is 18.7. The fourth-order valence-corrected chi connectivity index (χ4v) is 3.92. The van der Waals surface area contributed by atoms with Gasteiger partial charge in [0, 0.05) is 61.5 Å². The van der Waals surface area contributed by atoms with Crippen molar-refractivity contribution in [2.75, 3.05) is 16.8 Å². The predicted molar refractivity (Wildman–Crippen MR) is 123 cm³/mol. The first kappa shape index (κ1) is 24.1. The molecule has 1 aliphatic rings. The summed E-state index contributed by atoms with van der Waals surface area (Å²) in [5.41, 5.74) is 6.80. The van der Waals surface area contributed by atoms with E-state index >= 15 is 0 Å². The Morgan fingerprint density at radius 1 is 1.09 bits per heavy atom. The summed E-state index contributed by atoms with van der Waals surface area (Å²) in [6.07, 6.45) is 3.26. The maximum absolute atomic E-state index is 13.3. The molecular formula is C24H23F3N6O2. The van der Waals surface area contributed by atoms with Gasteiger partial charge >= 0.3 is 6.18 Å². The number of amides is 2. The fraction of sp³-hybridized carbons (Fsp3) is 0.292. The van der Waals surface area contributed by atoms with E-state index in [-0.39, 0.29) is 29.3 Å². The fourth-order valence-electron chi connectivity index (χ4n) is 3.92. The van der Waals surface area contributed by atoms with Gasteiger partial charge in [-0.05, 0) is 37.1 Å². The zero-order valence-electron chi connectivity index (χ0n) is 18.7. The lowest BCUT2D eigenvalue weighted by atomic mass is 10.1. The number of hydrogen-bond acceptors (Lipinski definition) is 6.